The Labute approximate surface area is 94.2 Å². The van der Waals surface area contributed by atoms with E-state index in [-0.39, 0.29) is 12.5 Å². The Balaban J connectivity index is 2.40. The lowest BCUT2D eigenvalue weighted by Crippen LogP contribution is -2.28. The Morgan fingerprint density at radius 1 is 1.67 bits per heavy atom. The average molecular weight is 227 g/mol. The van der Waals surface area contributed by atoms with Crippen molar-refractivity contribution < 1.29 is 5.11 Å². The van der Waals surface area contributed by atoms with Crippen molar-refractivity contribution in [3.05, 3.63) is 28.3 Å². The van der Waals surface area contributed by atoms with E-state index in [9.17, 15) is 5.11 Å². The molecule has 1 aromatic carbocycles. The van der Waals surface area contributed by atoms with Crippen molar-refractivity contribution in [2.45, 2.75) is 18.9 Å². The zero-order valence-electron chi connectivity index (χ0n) is 8.63. The Bertz CT molecular complexity index is 381. The molecule has 0 aliphatic carbocycles. The molecule has 0 aromatic heterocycles. The Morgan fingerprint density at radius 2 is 2.40 bits per heavy atom. The summed E-state index contributed by atoms with van der Waals surface area (Å²) in [5, 5.41) is 13.8. The number of aliphatic hydroxyl groups is 1. The van der Waals surface area contributed by atoms with Crippen molar-refractivity contribution in [3.63, 3.8) is 0 Å². The van der Waals surface area contributed by atoms with Gasteiger partial charge in [-0.3, -0.25) is 0 Å². The lowest BCUT2D eigenvalue weighted by atomic mass is 9.94. The molecular formula is C11H15ClN2O. The molecule has 0 radical (unpaired) electrons. The lowest BCUT2D eigenvalue weighted by Gasteiger charge is -2.16. The fraction of sp³-hybridized carbons (Fsp3) is 0.455. The van der Waals surface area contributed by atoms with Gasteiger partial charge >= 0.3 is 0 Å². The van der Waals surface area contributed by atoms with Crippen LogP contribution in [0.15, 0.2) is 12.1 Å². The summed E-state index contributed by atoms with van der Waals surface area (Å²) in [6, 6.07) is 3.84. The largest absolute Gasteiger partial charge is 0.391 e. The summed E-state index contributed by atoms with van der Waals surface area (Å²) >= 11 is 6.03. The highest BCUT2D eigenvalue weighted by atomic mass is 35.5. The minimum atomic E-state index is -0.487. The summed E-state index contributed by atoms with van der Waals surface area (Å²) in [5.74, 6) is 0.0842. The fourth-order valence-corrected chi connectivity index (χ4v) is 2.24. The number of fused-ring (bicyclic) bond motifs is 1. The van der Waals surface area contributed by atoms with Gasteiger partial charge in [-0.1, -0.05) is 17.7 Å². The lowest BCUT2D eigenvalue weighted by molar-refractivity contribution is 0.157. The molecule has 1 aliphatic rings. The standard InChI is InChI=1S/C11H15ClN2O/c1-6-9(12)3-2-7-8(10(15)4-13)5-14-11(6)7/h2-3,8,10,14-15H,4-5,13H2,1H3. The van der Waals surface area contributed by atoms with E-state index in [0.29, 0.717) is 0 Å². The second-order valence-electron chi connectivity index (χ2n) is 3.93. The monoisotopic (exact) mass is 226 g/mol. The van der Waals surface area contributed by atoms with Crippen molar-refractivity contribution in [3.8, 4) is 0 Å². The summed E-state index contributed by atoms with van der Waals surface area (Å²) in [4.78, 5) is 0. The minimum absolute atomic E-state index is 0.0842. The highest BCUT2D eigenvalue weighted by Gasteiger charge is 2.29. The van der Waals surface area contributed by atoms with Crippen LogP contribution in [0.5, 0.6) is 0 Å². The van der Waals surface area contributed by atoms with Crippen LogP contribution < -0.4 is 11.1 Å². The van der Waals surface area contributed by atoms with Crippen LogP contribution in [0.4, 0.5) is 5.69 Å². The van der Waals surface area contributed by atoms with Crippen molar-refractivity contribution in [2.24, 2.45) is 5.73 Å². The molecule has 0 saturated heterocycles. The van der Waals surface area contributed by atoms with E-state index in [1.54, 1.807) is 0 Å². The van der Waals surface area contributed by atoms with Gasteiger partial charge in [-0.25, -0.2) is 0 Å². The van der Waals surface area contributed by atoms with Crippen LogP contribution in [0.25, 0.3) is 0 Å². The van der Waals surface area contributed by atoms with E-state index in [4.69, 9.17) is 17.3 Å². The summed E-state index contributed by atoms with van der Waals surface area (Å²) in [7, 11) is 0. The summed E-state index contributed by atoms with van der Waals surface area (Å²) < 4.78 is 0. The maximum absolute atomic E-state index is 9.77. The molecule has 1 aliphatic heterocycles. The number of benzene rings is 1. The number of halogens is 1. The zero-order valence-corrected chi connectivity index (χ0v) is 9.38. The van der Waals surface area contributed by atoms with Crippen molar-refractivity contribution >= 4 is 17.3 Å². The second kappa shape index (κ2) is 4.00. The van der Waals surface area contributed by atoms with Crippen molar-refractivity contribution in [1.82, 2.24) is 0 Å². The second-order valence-corrected chi connectivity index (χ2v) is 4.33. The first-order valence-corrected chi connectivity index (χ1v) is 5.44. The van der Waals surface area contributed by atoms with Crippen LogP contribution in [0, 0.1) is 6.92 Å². The van der Waals surface area contributed by atoms with Gasteiger partial charge in [-0.15, -0.1) is 0 Å². The van der Waals surface area contributed by atoms with Gasteiger partial charge in [0.2, 0.25) is 0 Å². The number of aliphatic hydroxyl groups excluding tert-OH is 1. The van der Waals surface area contributed by atoms with E-state index in [0.717, 1.165) is 28.4 Å². The smallest absolute Gasteiger partial charge is 0.0748 e. The zero-order chi connectivity index (χ0) is 11.0. The van der Waals surface area contributed by atoms with Gasteiger partial charge < -0.3 is 16.2 Å². The van der Waals surface area contributed by atoms with Gasteiger partial charge in [0.05, 0.1) is 6.10 Å². The quantitative estimate of drug-likeness (QED) is 0.716. The van der Waals surface area contributed by atoms with Gasteiger partial charge in [-0.05, 0) is 24.1 Å². The Hall–Kier alpha value is -0.770. The molecule has 2 unspecified atom stereocenters. The molecule has 1 heterocycles. The molecule has 0 saturated carbocycles. The first kappa shape index (κ1) is 10.7. The summed E-state index contributed by atoms with van der Waals surface area (Å²) in [6.07, 6.45) is -0.487. The minimum Gasteiger partial charge on any atom is -0.391 e. The molecule has 0 spiro atoms. The van der Waals surface area contributed by atoms with Crippen LogP contribution >= 0.6 is 11.6 Å². The number of rotatable bonds is 2. The average Bonchev–Trinajstić information content (AvgIpc) is 2.66. The molecule has 1 aromatic rings. The number of hydrogen-bond donors (Lipinski definition) is 3. The van der Waals surface area contributed by atoms with Crippen LogP contribution in [0.1, 0.15) is 17.0 Å². The molecule has 4 heteroatoms. The fourth-order valence-electron chi connectivity index (χ4n) is 2.08. The first-order chi connectivity index (χ1) is 7.15. The molecule has 15 heavy (non-hydrogen) atoms. The normalized spacial score (nSPS) is 20.9. The van der Waals surface area contributed by atoms with E-state index >= 15 is 0 Å². The summed E-state index contributed by atoms with van der Waals surface area (Å²) in [5.41, 5.74) is 8.69. The molecular weight excluding hydrogens is 212 g/mol. The number of anilines is 1. The molecule has 0 bridgehead atoms. The Kier molecular flexibility index (Phi) is 2.87. The molecule has 0 amide bonds. The third-order valence-electron chi connectivity index (χ3n) is 3.04. The predicted octanol–water partition coefficient (Wildman–Crippen LogP) is 1.48. The van der Waals surface area contributed by atoms with Crippen LogP contribution in [0.3, 0.4) is 0 Å². The van der Waals surface area contributed by atoms with Gasteiger partial charge in [0.15, 0.2) is 0 Å². The third-order valence-corrected chi connectivity index (χ3v) is 3.44. The number of hydrogen-bond acceptors (Lipinski definition) is 3. The molecule has 0 fully saturated rings. The van der Waals surface area contributed by atoms with E-state index < -0.39 is 6.10 Å². The van der Waals surface area contributed by atoms with Gasteiger partial charge in [0.25, 0.3) is 0 Å². The van der Waals surface area contributed by atoms with Crippen LogP contribution in [0.2, 0.25) is 5.02 Å². The summed E-state index contributed by atoms with van der Waals surface area (Å²) in [6.45, 7) is 2.99. The molecule has 3 nitrogen and oxygen atoms in total. The van der Waals surface area contributed by atoms with Crippen molar-refractivity contribution in [1.29, 1.82) is 0 Å². The molecule has 2 atom stereocenters. The molecule has 2 rings (SSSR count). The van der Waals surface area contributed by atoms with E-state index in [2.05, 4.69) is 5.32 Å². The van der Waals surface area contributed by atoms with Gasteiger partial charge in [0.1, 0.15) is 0 Å². The third kappa shape index (κ3) is 1.71. The van der Waals surface area contributed by atoms with Crippen LogP contribution in [-0.2, 0) is 0 Å². The van der Waals surface area contributed by atoms with Crippen molar-refractivity contribution in [2.75, 3.05) is 18.4 Å². The maximum Gasteiger partial charge on any atom is 0.0748 e. The predicted molar refractivity (Wildman–Crippen MR) is 62.5 cm³/mol. The first-order valence-electron chi connectivity index (χ1n) is 5.06. The van der Waals surface area contributed by atoms with E-state index in [1.807, 2.05) is 19.1 Å². The molecule has 82 valence electrons. The Morgan fingerprint density at radius 3 is 3.07 bits per heavy atom. The van der Waals surface area contributed by atoms with Crippen LogP contribution in [-0.4, -0.2) is 24.3 Å². The molecule has 4 N–H and O–H groups in total. The maximum atomic E-state index is 9.77. The number of nitrogens with two attached hydrogens (primary N) is 1. The highest BCUT2D eigenvalue weighted by Crippen LogP contribution is 2.38. The highest BCUT2D eigenvalue weighted by molar-refractivity contribution is 6.31. The van der Waals surface area contributed by atoms with E-state index in [1.165, 1.54) is 0 Å². The number of nitrogens with one attached hydrogen (secondary N) is 1. The SMILES string of the molecule is Cc1c(Cl)ccc2c1NCC2C(O)CN. The van der Waals surface area contributed by atoms with Gasteiger partial charge in [0, 0.05) is 29.7 Å². The topological polar surface area (TPSA) is 58.3 Å². The van der Waals surface area contributed by atoms with Gasteiger partial charge in [-0.2, -0.15) is 0 Å².